The van der Waals surface area contributed by atoms with E-state index in [4.69, 9.17) is 16.3 Å². The van der Waals surface area contributed by atoms with E-state index in [1.165, 1.54) is 12.7 Å². The Kier molecular flexibility index (Phi) is 3.29. The fourth-order valence-corrected chi connectivity index (χ4v) is 2.61. The van der Waals surface area contributed by atoms with Gasteiger partial charge in [0.15, 0.2) is 0 Å². The summed E-state index contributed by atoms with van der Waals surface area (Å²) >= 11 is 5.91. The summed E-state index contributed by atoms with van der Waals surface area (Å²) < 4.78 is 5.05. The van der Waals surface area contributed by atoms with Crippen molar-refractivity contribution in [3.05, 3.63) is 40.7 Å². The maximum absolute atomic E-state index is 5.91. The first-order valence-corrected chi connectivity index (χ1v) is 6.55. The number of nitrogens with zero attached hydrogens (tertiary/aromatic N) is 4. The fraction of sp³-hybridized carbons (Fsp3) is 0.385. The highest BCUT2D eigenvalue weighted by Gasteiger charge is 2.26. The summed E-state index contributed by atoms with van der Waals surface area (Å²) in [7, 11) is 1.52. The Bertz CT molecular complexity index is 605. The molecule has 5 nitrogen and oxygen atoms in total. The summed E-state index contributed by atoms with van der Waals surface area (Å²) in [5, 5.41) is 0.157. The molecule has 3 rings (SSSR count). The highest BCUT2D eigenvalue weighted by atomic mass is 35.5. The summed E-state index contributed by atoms with van der Waals surface area (Å²) in [6.07, 6.45) is 4.91. The SMILES string of the molecule is COc1nc(Cl)nc(C2CCCc3cccnc32)n1. The second kappa shape index (κ2) is 5.09. The highest BCUT2D eigenvalue weighted by Crippen LogP contribution is 2.34. The maximum Gasteiger partial charge on any atom is 0.320 e. The van der Waals surface area contributed by atoms with Crippen LogP contribution in [-0.2, 0) is 6.42 Å². The van der Waals surface area contributed by atoms with Gasteiger partial charge in [0.05, 0.1) is 18.7 Å². The van der Waals surface area contributed by atoms with Gasteiger partial charge < -0.3 is 4.74 Å². The molecule has 0 saturated carbocycles. The van der Waals surface area contributed by atoms with Crippen molar-refractivity contribution in [2.24, 2.45) is 0 Å². The van der Waals surface area contributed by atoms with Crippen LogP contribution in [0.15, 0.2) is 18.3 Å². The summed E-state index contributed by atoms with van der Waals surface area (Å²) in [4.78, 5) is 16.9. The highest BCUT2D eigenvalue weighted by molar-refractivity contribution is 6.28. The van der Waals surface area contributed by atoms with Gasteiger partial charge >= 0.3 is 6.01 Å². The predicted molar refractivity (Wildman–Crippen MR) is 70.4 cm³/mol. The standard InChI is InChI=1S/C13H13ClN4O/c1-19-13-17-11(16-12(14)18-13)9-6-2-4-8-5-3-7-15-10(8)9/h3,5,7,9H,2,4,6H2,1H3. The van der Waals surface area contributed by atoms with Crippen LogP contribution < -0.4 is 4.74 Å². The van der Waals surface area contributed by atoms with E-state index in [-0.39, 0.29) is 17.2 Å². The topological polar surface area (TPSA) is 60.8 Å². The van der Waals surface area contributed by atoms with E-state index in [0.29, 0.717) is 5.82 Å². The van der Waals surface area contributed by atoms with Crippen LogP contribution in [0.4, 0.5) is 0 Å². The van der Waals surface area contributed by atoms with Crippen molar-refractivity contribution in [2.75, 3.05) is 7.11 Å². The number of hydrogen-bond acceptors (Lipinski definition) is 5. The van der Waals surface area contributed by atoms with Crippen LogP contribution in [-0.4, -0.2) is 27.0 Å². The van der Waals surface area contributed by atoms with Crippen LogP contribution in [0.5, 0.6) is 6.01 Å². The predicted octanol–water partition coefficient (Wildman–Crippen LogP) is 2.40. The fourth-order valence-electron chi connectivity index (χ4n) is 2.45. The minimum absolute atomic E-state index is 0.0688. The zero-order valence-electron chi connectivity index (χ0n) is 10.5. The van der Waals surface area contributed by atoms with Crippen LogP contribution in [0.2, 0.25) is 5.28 Å². The van der Waals surface area contributed by atoms with E-state index in [0.717, 1.165) is 25.0 Å². The molecule has 1 aliphatic rings. The number of halogens is 1. The average molecular weight is 277 g/mol. The third-order valence-corrected chi connectivity index (χ3v) is 3.46. The van der Waals surface area contributed by atoms with Gasteiger partial charge in [0.25, 0.3) is 0 Å². The summed E-state index contributed by atoms with van der Waals surface area (Å²) in [5.74, 6) is 0.704. The first-order valence-electron chi connectivity index (χ1n) is 6.17. The van der Waals surface area contributed by atoms with Gasteiger partial charge in [-0.05, 0) is 42.5 Å². The molecule has 0 aliphatic heterocycles. The van der Waals surface area contributed by atoms with E-state index >= 15 is 0 Å². The molecule has 0 fully saturated rings. The third-order valence-electron chi connectivity index (χ3n) is 3.29. The lowest BCUT2D eigenvalue weighted by Crippen LogP contribution is -2.16. The lowest BCUT2D eigenvalue weighted by molar-refractivity contribution is 0.373. The largest absolute Gasteiger partial charge is 0.467 e. The van der Waals surface area contributed by atoms with Crippen molar-refractivity contribution in [2.45, 2.75) is 25.2 Å². The van der Waals surface area contributed by atoms with E-state index in [2.05, 4.69) is 26.0 Å². The van der Waals surface area contributed by atoms with E-state index in [1.54, 1.807) is 6.20 Å². The molecule has 0 saturated heterocycles. The minimum Gasteiger partial charge on any atom is -0.467 e. The lowest BCUT2D eigenvalue weighted by atomic mass is 9.86. The van der Waals surface area contributed by atoms with Crippen molar-refractivity contribution in [3.8, 4) is 6.01 Å². The van der Waals surface area contributed by atoms with Crippen molar-refractivity contribution < 1.29 is 4.74 Å². The van der Waals surface area contributed by atoms with Crippen molar-refractivity contribution in [1.82, 2.24) is 19.9 Å². The van der Waals surface area contributed by atoms with Gasteiger partial charge in [-0.3, -0.25) is 4.98 Å². The van der Waals surface area contributed by atoms with E-state index in [9.17, 15) is 0 Å². The van der Waals surface area contributed by atoms with Crippen molar-refractivity contribution >= 4 is 11.6 Å². The minimum atomic E-state index is 0.0688. The monoisotopic (exact) mass is 276 g/mol. The third kappa shape index (κ3) is 2.38. The Balaban J connectivity index is 2.06. The molecule has 2 aromatic rings. The Hall–Kier alpha value is -1.75. The van der Waals surface area contributed by atoms with Crippen LogP contribution >= 0.6 is 11.6 Å². The Morgan fingerprint density at radius 3 is 3.05 bits per heavy atom. The van der Waals surface area contributed by atoms with Gasteiger partial charge in [-0.15, -0.1) is 0 Å². The molecule has 0 bridgehead atoms. The van der Waals surface area contributed by atoms with Gasteiger partial charge in [0.2, 0.25) is 5.28 Å². The molecular formula is C13H13ClN4O. The van der Waals surface area contributed by atoms with Gasteiger partial charge in [-0.25, -0.2) is 4.98 Å². The molecule has 0 N–H and O–H groups in total. The van der Waals surface area contributed by atoms with Crippen molar-refractivity contribution in [1.29, 1.82) is 0 Å². The number of methoxy groups -OCH3 is 1. The van der Waals surface area contributed by atoms with E-state index < -0.39 is 0 Å². The first-order chi connectivity index (χ1) is 9.28. The molecule has 19 heavy (non-hydrogen) atoms. The molecule has 0 aromatic carbocycles. The van der Waals surface area contributed by atoms with E-state index in [1.807, 2.05) is 6.07 Å². The average Bonchev–Trinajstić information content (AvgIpc) is 2.46. The van der Waals surface area contributed by atoms with Crippen LogP contribution in [0.3, 0.4) is 0 Å². The van der Waals surface area contributed by atoms with Crippen LogP contribution in [0.25, 0.3) is 0 Å². The maximum atomic E-state index is 5.91. The second-order valence-corrected chi connectivity index (χ2v) is 4.78. The number of fused-ring (bicyclic) bond motifs is 1. The molecule has 1 aliphatic carbocycles. The smallest absolute Gasteiger partial charge is 0.320 e. The van der Waals surface area contributed by atoms with Gasteiger partial charge in [0, 0.05) is 6.20 Å². The number of aryl methyl sites for hydroxylation is 1. The molecule has 6 heteroatoms. The summed E-state index contributed by atoms with van der Waals surface area (Å²) in [6.45, 7) is 0. The van der Waals surface area contributed by atoms with Gasteiger partial charge in [-0.1, -0.05) is 6.07 Å². The normalized spacial score (nSPS) is 17.9. The molecule has 0 amide bonds. The van der Waals surface area contributed by atoms with Crippen molar-refractivity contribution in [3.63, 3.8) is 0 Å². The number of ether oxygens (including phenoxy) is 1. The van der Waals surface area contributed by atoms with Crippen LogP contribution in [0, 0.1) is 0 Å². The molecule has 0 radical (unpaired) electrons. The molecule has 1 atom stereocenters. The zero-order valence-corrected chi connectivity index (χ0v) is 11.3. The second-order valence-electron chi connectivity index (χ2n) is 4.44. The van der Waals surface area contributed by atoms with Gasteiger partial charge in [0.1, 0.15) is 5.82 Å². The molecule has 2 aromatic heterocycles. The van der Waals surface area contributed by atoms with Crippen LogP contribution in [0.1, 0.15) is 35.8 Å². The molecule has 98 valence electrons. The summed E-state index contributed by atoms with van der Waals surface area (Å²) in [5.41, 5.74) is 2.30. The molecule has 1 unspecified atom stereocenters. The Morgan fingerprint density at radius 1 is 1.32 bits per heavy atom. The summed E-state index contributed by atoms with van der Waals surface area (Å²) in [6, 6.07) is 4.31. The number of aromatic nitrogens is 4. The number of hydrogen-bond donors (Lipinski definition) is 0. The Morgan fingerprint density at radius 2 is 2.21 bits per heavy atom. The molecular weight excluding hydrogens is 264 g/mol. The molecule has 2 heterocycles. The quantitative estimate of drug-likeness (QED) is 0.843. The first kappa shape index (κ1) is 12.3. The lowest BCUT2D eigenvalue weighted by Gasteiger charge is -2.22. The Labute approximate surface area is 116 Å². The van der Waals surface area contributed by atoms with Gasteiger partial charge in [-0.2, -0.15) is 9.97 Å². The zero-order chi connectivity index (χ0) is 13.2. The number of pyridine rings is 1. The number of rotatable bonds is 2. The molecule has 0 spiro atoms.